The fourth-order valence-corrected chi connectivity index (χ4v) is 1.46. The molecule has 0 amide bonds. The molecule has 0 rings (SSSR count). The molecule has 0 spiro atoms. The number of allylic oxidation sites excluding steroid dienone is 11. The van der Waals surface area contributed by atoms with Crippen LogP contribution in [0.3, 0.4) is 0 Å². The van der Waals surface area contributed by atoms with Crippen molar-refractivity contribution in [1.29, 1.82) is 0 Å². The van der Waals surface area contributed by atoms with E-state index < -0.39 is 0 Å². The number of hydrogen-bond donors (Lipinski definition) is 0. The van der Waals surface area contributed by atoms with Crippen molar-refractivity contribution in [1.82, 2.24) is 0 Å². The molecule has 0 heterocycles. The third-order valence-electron chi connectivity index (χ3n) is 1.72. The predicted octanol–water partition coefficient (Wildman–Crippen LogP) is 5.25. The van der Waals surface area contributed by atoms with Crippen LogP contribution in [0.15, 0.2) is 84.0 Å². The zero-order valence-electron chi connectivity index (χ0n) is 9.62. The van der Waals surface area contributed by atoms with Gasteiger partial charge in [-0.1, -0.05) is 72.1 Å². The quantitative estimate of drug-likeness (QED) is 0.581. The van der Waals surface area contributed by atoms with E-state index in [4.69, 9.17) is 0 Å². The lowest BCUT2D eigenvalue weighted by molar-refractivity contribution is 1.54. The molecule has 1 heteroatoms. The van der Waals surface area contributed by atoms with Crippen LogP contribution in [0.25, 0.3) is 0 Å². The minimum atomic E-state index is 0.929. The van der Waals surface area contributed by atoms with Gasteiger partial charge in [0, 0.05) is 4.48 Å². The first kappa shape index (κ1) is 14.7. The number of rotatable bonds is 6. The maximum atomic E-state index is 4.01. The van der Waals surface area contributed by atoms with Crippen LogP contribution in [0.4, 0.5) is 0 Å². The van der Waals surface area contributed by atoms with Gasteiger partial charge < -0.3 is 0 Å². The summed E-state index contributed by atoms with van der Waals surface area (Å²) in [4.78, 5) is 0. The normalized spacial score (nSPS) is 13.4. The minimum absolute atomic E-state index is 0.929. The second-order valence-corrected chi connectivity index (χ2v) is 3.92. The lowest BCUT2D eigenvalue weighted by atomic mass is 10.1. The highest BCUT2D eigenvalue weighted by Gasteiger charge is 1.95. The van der Waals surface area contributed by atoms with Crippen LogP contribution in [0.1, 0.15) is 6.92 Å². The van der Waals surface area contributed by atoms with E-state index in [1.54, 1.807) is 12.2 Å². The van der Waals surface area contributed by atoms with E-state index in [9.17, 15) is 0 Å². The zero-order chi connectivity index (χ0) is 12.4. The predicted molar refractivity (Wildman–Crippen MR) is 78.6 cm³/mol. The fourth-order valence-electron chi connectivity index (χ4n) is 1.03. The molecule has 0 aliphatic heterocycles. The van der Waals surface area contributed by atoms with Crippen LogP contribution < -0.4 is 0 Å². The lowest BCUT2D eigenvalue weighted by Crippen LogP contribution is -1.81. The lowest BCUT2D eigenvalue weighted by Gasteiger charge is -2.01. The molecule has 0 aromatic heterocycles. The van der Waals surface area contributed by atoms with Crippen molar-refractivity contribution >= 4 is 15.9 Å². The molecule has 0 saturated carbocycles. The average Bonchev–Trinajstić information content (AvgIpc) is 2.26. The summed E-state index contributed by atoms with van der Waals surface area (Å²) in [5, 5.41) is 0. The summed E-state index contributed by atoms with van der Waals surface area (Å²) in [6.07, 6.45) is 15.1. The minimum Gasteiger partial charge on any atom is -0.0991 e. The molecule has 0 aliphatic rings. The third-order valence-corrected chi connectivity index (χ3v) is 2.21. The number of hydrogen-bond acceptors (Lipinski definition) is 0. The first-order valence-corrected chi connectivity index (χ1v) is 5.76. The molecule has 0 fully saturated rings. The molecule has 0 aromatic carbocycles. The largest absolute Gasteiger partial charge is 0.0991 e. The Morgan fingerprint density at radius 3 is 2.31 bits per heavy atom. The van der Waals surface area contributed by atoms with Crippen LogP contribution >= 0.6 is 15.9 Å². The van der Waals surface area contributed by atoms with Crippen LogP contribution in [0.5, 0.6) is 0 Å². The van der Waals surface area contributed by atoms with Crippen LogP contribution in [-0.4, -0.2) is 0 Å². The highest BCUT2D eigenvalue weighted by Crippen LogP contribution is 2.17. The van der Waals surface area contributed by atoms with Gasteiger partial charge in [-0.05, 0) is 30.2 Å². The average molecular weight is 277 g/mol. The Hall–Kier alpha value is -1.34. The highest BCUT2D eigenvalue weighted by atomic mass is 79.9. The first-order valence-electron chi connectivity index (χ1n) is 4.96. The Labute approximate surface area is 107 Å². The standard InChI is InChI=1S/C15H17Br/c1-5-8-11-15(16)12-13(4)14(9-6-2)10-7-3/h5-12H,1-2,4H2,3H3/b10-7-,11-8-,14-9+,15-12+. The third kappa shape index (κ3) is 6.20. The van der Waals surface area contributed by atoms with Crippen molar-refractivity contribution in [3.63, 3.8) is 0 Å². The molecular weight excluding hydrogens is 260 g/mol. The van der Waals surface area contributed by atoms with Gasteiger partial charge in [-0.3, -0.25) is 0 Å². The smallest absolute Gasteiger partial charge is 0.0181 e. The van der Waals surface area contributed by atoms with Gasteiger partial charge in [-0.25, -0.2) is 0 Å². The Kier molecular flexibility index (Phi) is 8.18. The molecular formula is C15H17Br. The summed E-state index contributed by atoms with van der Waals surface area (Å²) in [5.74, 6) is 0. The van der Waals surface area contributed by atoms with Gasteiger partial charge >= 0.3 is 0 Å². The van der Waals surface area contributed by atoms with Crippen molar-refractivity contribution in [2.75, 3.05) is 0 Å². The molecule has 0 saturated heterocycles. The molecule has 16 heavy (non-hydrogen) atoms. The topological polar surface area (TPSA) is 0 Å². The molecule has 0 aromatic rings. The van der Waals surface area contributed by atoms with Crippen molar-refractivity contribution in [2.45, 2.75) is 6.92 Å². The Bertz CT molecular complexity index is 376. The van der Waals surface area contributed by atoms with Gasteiger partial charge in [-0.2, -0.15) is 0 Å². The van der Waals surface area contributed by atoms with Gasteiger partial charge in [0.1, 0.15) is 0 Å². The van der Waals surface area contributed by atoms with E-state index in [2.05, 4.69) is 35.7 Å². The summed E-state index contributed by atoms with van der Waals surface area (Å²) >= 11 is 3.44. The second-order valence-electron chi connectivity index (χ2n) is 3.01. The van der Waals surface area contributed by atoms with E-state index in [0.29, 0.717) is 0 Å². The molecule has 0 aliphatic carbocycles. The van der Waals surface area contributed by atoms with Crippen LogP contribution in [-0.2, 0) is 0 Å². The summed E-state index contributed by atoms with van der Waals surface area (Å²) in [7, 11) is 0. The van der Waals surface area contributed by atoms with Gasteiger partial charge in [0.05, 0.1) is 0 Å². The first-order chi connectivity index (χ1) is 7.65. The Morgan fingerprint density at radius 1 is 1.12 bits per heavy atom. The van der Waals surface area contributed by atoms with Crippen molar-refractivity contribution < 1.29 is 0 Å². The molecule has 0 atom stereocenters. The monoisotopic (exact) mass is 276 g/mol. The van der Waals surface area contributed by atoms with E-state index in [1.807, 2.05) is 43.4 Å². The van der Waals surface area contributed by atoms with Crippen LogP contribution in [0, 0.1) is 0 Å². The van der Waals surface area contributed by atoms with E-state index >= 15 is 0 Å². The summed E-state index contributed by atoms with van der Waals surface area (Å²) in [5.41, 5.74) is 1.97. The molecule has 0 bridgehead atoms. The maximum Gasteiger partial charge on any atom is 0.0181 e. The number of halogens is 1. The Balaban J connectivity index is 4.90. The molecule has 0 N–H and O–H groups in total. The second kappa shape index (κ2) is 8.93. The van der Waals surface area contributed by atoms with Gasteiger partial charge in [0.2, 0.25) is 0 Å². The molecule has 84 valence electrons. The van der Waals surface area contributed by atoms with E-state index in [0.717, 1.165) is 15.6 Å². The van der Waals surface area contributed by atoms with Gasteiger partial charge in [0.15, 0.2) is 0 Å². The maximum absolute atomic E-state index is 4.01. The van der Waals surface area contributed by atoms with E-state index in [1.165, 1.54) is 0 Å². The van der Waals surface area contributed by atoms with Crippen LogP contribution in [0.2, 0.25) is 0 Å². The SMILES string of the molecule is C=C/C=C\C(Br)=C/C(=C)C(/C=C\C)=C/C=C. The Morgan fingerprint density at radius 2 is 1.81 bits per heavy atom. The van der Waals surface area contributed by atoms with E-state index in [-0.39, 0.29) is 0 Å². The molecule has 0 unspecified atom stereocenters. The highest BCUT2D eigenvalue weighted by molar-refractivity contribution is 9.11. The van der Waals surface area contributed by atoms with Crippen molar-refractivity contribution in [2.24, 2.45) is 0 Å². The summed E-state index contributed by atoms with van der Waals surface area (Å²) < 4.78 is 0.955. The fraction of sp³-hybridized carbons (Fsp3) is 0.0667. The van der Waals surface area contributed by atoms with Crippen molar-refractivity contribution in [3.05, 3.63) is 84.0 Å². The molecule has 0 nitrogen and oxygen atoms in total. The van der Waals surface area contributed by atoms with Crippen molar-refractivity contribution in [3.8, 4) is 0 Å². The van der Waals surface area contributed by atoms with Gasteiger partial charge in [-0.15, -0.1) is 0 Å². The molecule has 0 radical (unpaired) electrons. The zero-order valence-corrected chi connectivity index (χ0v) is 11.2. The summed E-state index contributed by atoms with van der Waals surface area (Å²) in [6, 6.07) is 0. The summed E-state index contributed by atoms with van der Waals surface area (Å²) in [6.45, 7) is 13.3. The van der Waals surface area contributed by atoms with Gasteiger partial charge in [0.25, 0.3) is 0 Å².